The van der Waals surface area contributed by atoms with Gasteiger partial charge >= 0.3 is 0 Å². The van der Waals surface area contributed by atoms with Crippen molar-refractivity contribution in [1.82, 2.24) is 0 Å². The maximum Gasteiger partial charge on any atom is 0.291 e. The van der Waals surface area contributed by atoms with E-state index < -0.39 is 15.9 Å². The normalized spacial score (nSPS) is 10.9. The number of carbonyl (C=O) groups is 1. The highest BCUT2D eigenvalue weighted by atomic mass is 32.2. The Labute approximate surface area is 162 Å². The van der Waals surface area contributed by atoms with Gasteiger partial charge in [0.15, 0.2) is 5.76 Å². The number of hydrogen-bond donors (Lipinski definition) is 2. The number of methoxy groups -OCH3 is 2. The van der Waals surface area contributed by atoms with Crippen LogP contribution in [0.5, 0.6) is 11.5 Å². The molecule has 1 aromatic heterocycles. The molecule has 0 aliphatic rings. The lowest BCUT2D eigenvalue weighted by Crippen LogP contribution is -2.16. The lowest BCUT2D eigenvalue weighted by Gasteiger charge is -2.13. The molecule has 3 rings (SSSR count). The summed E-state index contributed by atoms with van der Waals surface area (Å²) in [6.45, 7) is 0. The van der Waals surface area contributed by atoms with Gasteiger partial charge in [0.25, 0.3) is 15.9 Å². The van der Waals surface area contributed by atoms with Crippen LogP contribution in [-0.2, 0) is 10.0 Å². The molecule has 146 valence electrons. The van der Waals surface area contributed by atoms with Crippen LogP contribution >= 0.6 is 0 Å². The Morgan fingerprint density at radius 3 is 2.29 bits per heavy atom. The van der Waals surface area contributed by atoms with E-state index in [0.717, 1.165) is 0 Å². The summed E-state index contributed by atoms with van der Waals surface area (Å²) in [5.41, 5.74) is 0.630. The van der Waals surface area contributed by atoms with E-state index in [9.17, 15) is 13.2 Å². The summed E-state index contributed by atoms with van der Waals surface area (Å²) < 4.78 is 43.4. The lowest BCUT2D eigenvalue weighted by atomic mass is 10.3. The van der Waals surface area contributed by atoms with Crippen LogP contribution in [0.15, 0.2) is 70.2 Å². The zero-order chi connectivity index (χ0) is 20.1. The average molecular weight is 402 g/mol. The summed E-state index contributed by atoms with van der Waals surface area (Å²) in [6, 6.07) is 13.8. The predicted molar refractivity (Wildman–Crippen MR) is 103 cm³/mol. The second-order valence-corrected chi connectivity index (χ2v) is 7.28. The number of anilines is 2. The van der Waals surface area contributed by atoms with Gasteiger partial charge < -0.3 is 19.2 Å². The average Bonchev–Trinajstić information content (AvgIpc) is 3.23. The monoisotopic (exact) mass is 402 g/mol. The molecule has 0 aliphatic heterocycles. The smallest absolute Gasteiger partial charge is 0.291 e. The van der Waals surface area contributed by atoms with Crippen molar-refractivity contribution in [2.24, 2.45) is 0 Å². The summed E-state index contributed by atoms with van der Waals surface area (Å²) in [4.78, 5) is 12.0. The molecule has 9 heteroatoms. The molecule has 8 nitrogen and oxygen atoms in total. The van der Waals surface area contributed by atoms with Gasteiger partial charge in [-0.15, -0.1) is 0 Å². The minimum atomic E-state index is -3.98. The van der Waals surface area contributed by atoms with Gasteiger partial charge in [-0.05, 0) is 54.6 Å². The molecular formula is C19H18N2O6S. The molecule has 0 unspecified atom stereocenters. The molecule has 1 heterocycles. The highest BCUT2D eigenvalue weighted by molar-refractivity contribution is 7.92. The minimum Gasteiger partial charge on any atom is -0.497 e. The molecule has 0 saturated heterocycles. The van der Waals surface area contributed by atoms with Gasteiger partial charge in [-0.2, -0.15) is 0 Å². The van der Waals surface area contributed by atoms with Gasteiger partial charge in [0.2, 0.25) is 0 Å². The first-order valence-electron chi connectivity index (χ1n) is 8.13. The molecule has 2 aromatic carbocycles. The standard InChI is InChI=1S/C19H18N2O6S/c1-25-15-8-5-13(6-9-15)21-28(23,24)18-12-14(7-10-16(18)26-2)20-19(22)17-4-3-11-27-17/h3-12,21H,1-2H3,(H,20,22). The summed E-state index contributed by atoms with van der Waals surface area (Å²) >= 11 is 0. The number of amides is 1. The quantitative estimate of drug-likeness (QED) is 0.628. The Kier molecular flexibility index (Phi) is 5.55. The molecule has 0 atom stereocenters. The zero-order valence-electron chi connectivity index (χ0n) is 15.1. The molecule has 3 aromatic rings. The first-order chi connectivity index (χ1) is 13.4. The Morgan fingerprint density at radius 2 is 1.68 bits per heavy atom. The van der Waals surface area contributed by atoms with E-state index in [0.29, 0.717) is 11.4 Å². The number of sulfonamides is 1. The Balaban J connectivity index is 1.88. The highest BCUT2D eigenvalue weighted by Crippen LogP contribution is 2.29. The van der Waals surface area contributed by atoms with Crippen molar-refractivity contribution < 1.29 is 27.1 Å². The topological polar surface area (TPSA) is 107 Å². The van der Waals surface area contributed by atoms with Gasteiger partial charge in [-0.1, -0.05) is 0 Å². The summed E-state index contributed by atoms with van der Waals surface area (Å²) in [5, 5.41) is 2.59. The number of rotatable bonds is 7. The molecule has 0 spiro atoms. The van der Waals surface area contributed by atoms with Crippen LogP contribution < -0.4 is 19.5 Å². The van der Waals surface area contributed by atoms with E-state index in [4.69, 9.17) is 13.9 Å². The van der Waals surface area contributed by atoms with E-state index in [-0.39, 0.29) is 22.1 Å². The van der Waals surface area contributed by atoms with E-state index in [1.165, 1.54) is 44.7 Å². The van der Waals surface area contributed by atoms with Gasteiger partial charge in [0, 0.05) is 11.4 Å². The highest BCUT2D eigenvalue weighted by Gasteiger charge is 2.21. The summed E-state index contributed by atoms with van der Waals surface area (Å²) in [6.07, 6.45) is 1.37. The molecule has 0 aliphatic carbocycles. The van der Waals surface area contributed by atoms with Gasteiger partial charge in [0.05, 0.1) is 20.5 Å². The van der Waals surface area contributed by atoms with E-state index in [1.54, 1.807) is 30.3 Å². The van der Waals surface area contributed by atoms with Crippen molar-refractivity contribution in [2.45, 2.75) is 4.90 Å². The number of hydrogen-bond acceptors (Lipinski definition) is 6. The van der Waals surface area contributed by atoms with Crippen LogP contribution in [0.1, 0.15) is 10.6 Å². The molecular weight excluding hydrogens is 384 g/mol. The Morgan fingerprint density at radius 1 is 0.964 bits per heavy atom. The van der Waals surface area contributed by atoms with Crippen LogP contribution in [0.2, 0.25) is 0 Å². The first kappa shape index (κ1) is 19.3. The second kappa shape index (κ2) is 8.05. The summed E-state index contributed by atoms with van der Waals surface area (Å²) in [5.74, 6) is 0.346. The fraction of sp³-hybridized carbons (Fsp3) is 0.105. The molecule has 28 heavy (non-hydrogen) atoms. The molecule has 2 N–H and O–H groups in total. The molecule has 1 amide bonds. The van der Waals surface area contributed by atoms with Gasteiger partial charge in [-0.25, -0.2) is 8.42 Å². The third-order valence-corrected chi connectivity index (χ3v) is 5.20. The van der Waals surface area contributed by atoms with E-state index in [2.05, 4.69) is 10.0 Å². The van der Waals surface area contributed by atoms with Gasteiger partial charge in [0.1, 0.15) is 16.4 Å². The van der Waals surface area contributed by atoms with Crippen LogP contribution in [0.25, 0.3) is 0 Å². The first-order valence-corrected chi connectivity index (χ1v) is 9.61. The number of carbonyl (C=O) groups excluding carboxylic acids is 1. The molecule has 0 saturated carbocycles. The van der Waals surface area contributed by atoms with Crippen LogP contribution in [-0.4, -0.2) is 28.5 Å². The van der Waals surface area contributed by atoms with Crippen LogP contribution in [0.3, 0.4) is 0 Å². The lowest BCUT2D eigenvalue weighted by molar-refractivity contribution is 0.0996. The summed E-state index contributed by atoms with van der Waals surface area (Å²) in [7, 11) is -1.09. The fourth-order valence-electron chi connectivity index (χ4n) is 2.43. The predicted octanol–water partition coefficient (Wildman–Crippen LogP) is 3.35. The zero-order valence-corrected chi connectivity index (χ0v) is 15.9. The SMILES string of the molecule is COc1ccc(NS(=O)(=O)c2cc(NC(=O)c3ccco3)ccc2OC)cc1. The maximum absolute atomic E-state index is 12.8. The minimum absolute atomic E-state index is 0.108. The van der Waals surface area contributed by atoms with Crippen molar-refractivity contribution in [2.75, 3.05) is 24.3 Å². The van der Waals surface area contributed by atoms with Gasteiger partial charge in [-0.3, -0.25) is 9.52 Å². The van der Waals surface area contributed by atoms with Crippen molar-refractivity contribution in [3.05, 3.63) is 66.6 Å². The van der Waals surface area contributed by atoms with E-state index in [1.807, 2.05) is 0 Å². The number of furan rings is 1. The number of ether oxygens (including phenoxy) is 2. The largest absolute Gasteiger partial charge is 0.497 e. The van der Waals surface area contributed by atoms with Crippen molar-refractivity contribution in [1.29, 1.82) is 0 Å². The van der Waals surface area contributed by atoms with E-state index >= 15 is 0 Å². The maximum atomic E-state index is 12.8. The van der Waals surface area contributed by atoms with Crippen molar-refractivity contribution >= 4 is 27.3 Å². The molecule has 0 bridgehead atoms. The molecule has 0 fully saturated rings. The number of nitrogens with one attached hydrogen (secondary N) is 2. The molecule has 0 radical (unpaired) electrons. The third kappa shape index (κ3) is 4.26. The van der Waals surface area contributed by atoms with Crippen LogP contribution in [0.4, 0.5) is 11.4 Å². The third-order valence-electron chi connectivity index (χ3n) is 3.80. The second-order valence-electron chi connectivity index (χ2n) is 5.63. The number of benzene rings is 2. The van der Waals surface area contributed by atoms with Crippen molar-refractivity contribution in [3.8, 4) is 11.5 Å². The fourth-order valence-corrected chi connectivity index (χ4v) is 3.69. The Hall–Kier alpha value is -3.46. The van der Waals surface area contributed by atoms with Crippen molar-refractivity contribution in [3.63, 3.8) is 0 Å². The van der Waals surface area contributed by atoms with Crippen LogP contribution in [0, 0.1) is 0 Å². The Bertz CT molecular complexity index is 1060.